The molecular weight excluding hydrogens is 257 g/mol. The zero-order valence-electron chi connectivity index (χ0n) is 10.6. The number of unbranched alkanes of at least 4 members (excludes halogenated alkanes) is 3. The first-order valence-electron chi connectivity index (χ1n) is 6.11. The van der Waals surface area contributed by atoms with Gasteiger partial charge in [-0.25, -0.2) is 0 Å². The lowest BCUT2D eigenvalue weighted by Crippen LogP contribution is -2.15. The summed E-state index contributed by atoms with van der Waals surface area (Å²) in [6.07, 6.45) is 4.76. The van der Waals surface area contributed by atoms with Crippen LogP contribution in [-0.2, 0) is 13.6 Å². The Kier molecular flexibility index (Phi) is 6.93. The number of halogens is 2. The van der Waals surface area contributed by atoms with Gasteiger partial charge in [0, 0.05) is 25.0 Å². The Morgan fingerprint density at radius 2 is 1.94 bits per heavy atom. The van der Waals surface area contributed by atoms with Crippen LogP contribution in [0, 0.1) is 6.92 Å². The molecule has 0 aliphatic carbocycles. The molecule has 3 nitrogen and oxygen atoms in total. The molecule has 0 spiro atoms. The molecule has 1 N–H and O–H groups in total. The molecule has 98 valence electrons. The molecule has 0 unspecified atom stereocenters. The van der Waals surface area contributed by atoms with E-state index in [4.69, 9.17) is 23.2 Å². The maximum atomic E-state index is 6.14. The van der Waals surface area contributed by atoms with Gasteiger partial charge >= 0.3 is 0 Å². The first-order chi connectivity index (χ1) is 8.16. The van der Waals surface area contributed by atoms with E-state index in [0.717, 1.165) is 41.8 Å². The molecule has 0 amide bonds. The fourth-order valence-electron chi connectivity index (χ4n) is 1.79. The van der Waals surface area contributed by atoms with E-state index in [-0.39, 0.29) is 0 Å². The fraction of sp³-hybridized carbons (Fsp3) is 0.750. The molecule has 17 heavy (non-hydrogen) atoms. The number of alkyl halides is 1. The zero-order chi connectivity index (χ0) is 12.7. The van der Waals surface area contributed by atoms with Crippen molar-refractivity contribution in [2.75, 3.05) is 12.4 Å². The van der Waals surface area contributed by atoms with Crippen LogP contribution in [0.25, 0.3) is 0 Å². The smallest absolute Gasteiger partial charge is 0.131 e. The highest BCUT2D eigenvalue weighted by atomic mass is 35.5. The lowest BCUT2D eigenvalue weighted by Gasteiger charge is -2.04. The van der Waals surface area contributed by atoms with E-state index in [1.54, 1.807) is 4.68 Å². The quantitative estimate of drug-likeness (QED) is 0.584. The molecule has 1 heterocycles. The summed E-state index contributed by atoms with van der Waals surface area (Å²) in [5.74, 6) is 0.776. The average molecular weight is 278 g/mol. The van der Waals surface area contributed by atoms with Gasteiger partial charge in [-0.2, -0.15) is 5.10 Å². The van der Waals surface area contributed by atoms with Crippen molar-refractivity contribution >= 4 is 23.2 Å². The van der Waals surface area contributed by atoms with Crippen LogP contribution in [0.1, 0.15) is 36.9 Å². The molecule has 1 rings (SSSR count). The van der Waals surface area contributed by atoms with E-state index < -0.39 is 0 Å². The van der Waals surface area contributed by atoms with E-state index in [9.17, 15) is 0 Å². The molecule has 0 fully saturated rings. The number of hydrogen-bond donors (Lipinski definition) is 1. The van der Waals surface area contributed by atoms with Crippen LogP contribution in [0.5, 0.6) is 0 Å². The molecule has 0 atom stereocenters. The Morgan fingerprint density at radius 3 is 2.53 bits per heavy atom. The van der Waals surface area contributed by atoms with E-state index in [1.165, 1.54) is 19.3 Å². The molecule has 1 aromatic rings. The predicted octanol–water partition coefficient (Wildman–Crippen LogP) is 3.27. The van der Waals surface area contributed by atoms with E-state index in [0.29, 0.717) is 0 Å². The Bertz CT molecular complexity index is 337. The van der Waals surface area contributed by atoms with Gasteiger partial charge in [0.25, 0.3) is 0 Å². The summed E-state index contributed by atoms with van der Waals surface area (Å²) in [7, 11) is 1.87. The average Bonchev–Trinajstić information content (AvgIpc) is 2.54. The lowest BCUT2D eigenvalue weighted by molar-refractivity contribution is 0.598. The number of hydrogen-bond acceptors (Lipinski definition) is 2. The summed E-state index contributed by atoms with van der Waals surface area (Å²) in [5, 5.41) is 8.42. The highest BCUT2D eigenvalue weighted by Gasteiger charge is 2.09. The van der Waals surface area contributed by atoms with Gasteiger partial charge in [-0.1, -0.05) is 24.4 Å². The molecule has 0 bridgehead atoms. The van der Waals surface area contributed by atoms with Crippen molar-refractivity contribution in [1.82, 2.24) is 15.1 Å². The van der Waals surface area contributed by atoms with Crippen LogP contribution in [0.15, 0.2) is 0 Å². The van der Waals surface area contributed by atoms with E-state index >= 15 is 0 Å². The highest BCUT2D eigenvalue weighted by molar-refractivity contribution is 6.30. The normalized spacial score (nSPS) is 11.1. The second-order valence-corrected chi connectivity index (χ2v) is 4.99. The van der Waals surface area contributed by atoms with Crippen molar-refractivity contribution in [3.05, 3.63) is 16.4 Å². The monoisotopic (exact) mass is 277 g/mol. The number of nitrogens with zero attached hydrogens (tertiary/aromatic N) is 2. The minimum absolute atomic E-state index is 0.733. The van der Waals surface area contributed by atoms with Gasteiger partial charge in [0.2, 0.25) is 0 Å². The minimum Gasteiger partial charge on any atom is -0.312 e. The van der Waals surface area contributed by atoms with Gasteiger partial charge in [-0.3, -0.25) is 4.68 Å². The minimum atomic E-state index is 0.733. The summed E-state index contributed by atoms with van der Waals surface area (Å²) in [6.45, 7) is 3.81. The Morgan fingerprint density at radius 1 is 1.24 bits per heavy atom. The molecule has 0 aliphatic heterocycles. The molecule has 0 aliphatic rings. The summed E-state index contributed by atoms with van der Waals surface area (Å²) in [5.41, 5.74) is 2.11. The van der Waals surface area contributed by atoms with Crippen LogP contribution in [0.3, 0.4) is 0 Å². The third-order valence-corrected chi connectivity index (χ3v) is 3.55. The summed E-state index contributed by atoms with van der Waals surface area (Å²) < 4.78 is 1.72. The third-order valence-electron chi connectivity index (χ3n) is 2.81. The van der Waals surface area contributed by atoms with Gasteiger partial charge in [-0.15, -0.1) is 11.6 Å². The van der Waals surface area contributed by atoms with Crippen LogP contribution in [-0.4, -0.2) is 22.2 Å². The van der Waals surface area contributed by atoms with Crippen LogP contribution < -0.4 is 5.32 Å². The summed E-state index contributed by atoms with van der Waals surface area (Å²) in [6, 6.07) is 0. The van der Waals surface area contributed by atoms with Crippen LogP contribution >= 0.6 is 23.2 Å². The van der Waals surface area contributed by atoms with Gasteiger partial charge in [0.05, 0.1) is 5.69 Å². The second-order valence-electron chi connectivity index (χ2n) is 4.26. The molecule has 0 radical (unpaired) electrons. The molecule has 0 saturated carbocycles. The van der Waals surface area contributed by atoms with Gasteiger partial charge in [0.1, 0.15) is 5.15 Å². The highest BCUT2D eigenvalue weighted by Crippen LogP contribution is 2.17. The standard InChI is InChI=1S/C12H21Cl2N3/c1-10-11(12(14)17(2)16-10)9-15-8-6-4-3-5-7-13/h15H,3-9H2,1-2H3. The predicted molar refractivity (Wildman–Crippen MR) is 73.8 cm³/mol. The number of nitrogens with one attached hydrogen (secondary N) is 1. The molecule has 1 aromatic heterocycles. The van der Waals surface area contributed by atoms with E-state index in [2.05, 4.69) is 10.4 Å². The molecule has 5 heteroatoms. The van der Waals surface area contributed by atoms with Gasteiger partial charge in [0.15, 0.2) is 0 Å². The first-order valence-corrected chi connectivity index (χ1v) is 7.02. The van der Waals surface area contributed by atoms with Crippen molar-refractivity contribution < 1.29 is 0 Å². The van der Waals surface area contributed by atoms with Crippen molar-refractivity contribution in [2.45, 2.75) is 39.2 Å². The SMILES string of the molecule is Cc1nn(C)c(Cl)c1CNCCCCCCCl. The van der Waals surface area contributed by atoms with Crippen molar-refractivity contribution in [3.63, 3.8) is 0 Å². The number of rotatable bonds is 8. The van der Waals surface area contributed by atoms with Crippen molar-refractivity contribution in [3.8, 4) is 0 Å². The first kappa shape index (κ1) is 14.8. The zero-order valence-corrected chi connectivity index (χ0v) is 12.1. The van der Waals surface area contributed by atoms with Crippen molar-refractivity contribution in [2.24, 2.45) is 7.05 Å². The van der Waals surface area contributed by atoms with Crippen LogP contribution in [0.2, 0.25) is 5.15 Å². The maximum absolute atomic E-state index is 6.14. The number of aryl methyl sites for hydroxylation is 2. The van der Waals surface area contributed by atoms with Gasteiger partial charge < -0.3 is 5.32 Å². The Balaban J connectivity index is 2.18. The van der Waals surface area contributed by atoms with Crippen molar-refractivity contribution in [1.29, 1.82) is 0 Å². The largest absolute Gasteiger partial charge is 0.312 e. The summed E-state index contributed by atoms with van der Waals surface area (Å²) in [4.78, 5) is 0. The number of aromatic nitrogens is 2. The van der Waals surface area contributed by atoms with Gasteiger partial charge in [-0.05, 0) is 26.3 Å². The van der Waals surface area contributed by atoms with E-state index in [1.807, 2.05) is 14.0 Å². The summed E-state index contributed by atoms with van der Waals surface area (Å²) >= 11 is 11.8. The fourth-order valence-corrected chi connectivity index (χ4v) is 2.22. The second kappa shape index (κ2) is 7.96. The lowest BCUT2D eigenvalue weighted by atomic mass is 10.2. The molecular formula is C12H21Cl2N3. The van der Waals surface area contributed by atoms with Crippen LogP contribution in [0.4, 0.5) is 0 Å². The Hall–Kier alpha value is -0.250. The Labute approximate surface area is 113 Å². The molecule has 0 saturated heterocycles. The third kappa shape index (κ3) is 4.86. The maximum Gasteiger partial charge on any atom is 0.131 e. The molecule has 0 aromatic carbocycles. The topological polar surface area (TPSA) is 29.9 Å².